The minimum absolute atomic E-state index is 0.0519. The summed E-state index contributed by atoms with van der Waals surface area (Å²) in [5.41, 5.74) is 10.0. The van der Waals surface area contributed by atoms with Crippen LogP contribution in [0.2, 0.25) is 0 Å². The second kappa shape index (κ2) is 6.26. The zero-order valence-corrected chi connectivity index (χ0v) is 12.6. The van der Waals surface area contributed by atoms with Gasteiger partial charge in [0, 0.05) is 44.4 Å². The maximum Gasteiger partial charge on any atom is 0.255 e. The van der Waals surface area contributed by atoms with Crippen LogP contribution in [-0.2, 0) is 6.54 Å². The van der Waals surface area contributed by atoms with Crippen molar-refractivity contribution in [2.75, 3.05) is 25.1 Å². The highest BCUT2D eigenvalue weighted by molar-refractivity contribution is 6.00. The van der Waals surface area contributed by atoms with E-state index in [2.05, 4.69) is 10.3 Å². The zero-order chi connectivity index (χ0) is 15.4. The summed E-state index contributed by atoms with van der Waals surface area (Å²) in [6, 6.07) is 7.23. The fourth-order valence-electron chi connectivity index (χ4n) is 2.03. The van der Waals surface area contributed by atoms with Gasteiger partial charge in [-0.2, -0.15) is 0 Å². The minimum Gasteiger partial charge on any atom is -0.399 e. The van der Waals surface area contributed by atoms with Crippen molar-refractivity contribution in [2.24, 2.45) is 0 Å². The highest BCUT2D eigenvalue weighted by atomic mass is 16.2. The van der Waals surface area contributed by atoms with Crippen molar-refractivity contribution >= 4 is 17.3 Å². The highest BCUT2D eigenvalue weighted by Gasteiger charge is 2.13. The number of pyridine rings is 1. The van der Waals surface area contributed by atoms with Gasteiger partial charge in [0.1, 0.15) is 0 Å². The van der Waals surface area contributed by atoms with Crippen LogP contribution in [0.5, 0.6) is 0 Å². The molecule has 3 N–H and O–H groups in total. The minimum atomic E-state index is -0.0519. The van der Waals surface area contributed by atoms with E-state index in [1.807, 2.05) is 19.2 Å². The molecule has 0 radical (unpaired) electrons. The van der Waals surface area contributed by atoms with Gasteiger partial charge in [-0.3, -0.25) is 9.78 Å². The number of nitrogens with two attached hydrogens (primary N) is 1. The van der Waals surface area contributed by atoms with Crippen LogP contribution in [0.3, 0.4) is 0 Å². The van der Waals surface area contributed by atoms with Crippen molar-refractivity contribution in [2.45, 2.75) is 13.5 Å². The molecule has 0 atom stereocenters. The quantitative estimate of drug-likeness (QED) is 0.845. The molecule has 5 heteroatoms. The molecule has 21 heavy (non-hydrogen) atoms. The monoisotopic (exact) mass is 284 g/mol. The summed E-state index contributed by atoms with van der Waals surface area (Å²) in [5.74, 6) is -0.0519. The number of nitrogens with zero attached hydrogens (tertiary/aromatic N) is 2. The summed E-state index contributed by atoms with van der Waals surface area (Å²) < 4.78 is 0. The van der Waals surface area contributed by atoms with E-state index in [1.165, 1.54) is 0 Å². The average molecular weight is 284 g/mol. The van der Waals surface area contributed by atoms with Crippen LogP contribution in [0.1, 0.15) is 21.5 Å². The topological polar surface area (TPSA) is 71.2 Å². The number of anilines is 2. The number of hydrogen-bond donors (Lipinski definition) is 2. The van der Waals surface area contributed by atoms with Crippen molar-refractivity contribution in [3.8, 4) is 0 Å². The number of aryl methyl sites for hydroxylation is 1. The van der Waals surface area contributed by atoms with E-state index in [9.17, 15) is 4.79 Å². The molecule has 0 spiro atoms. The van der Waals surface area contributed by atoms with E-state index < -0.39 is 0 Å². The van der Waals surface area contributed by atoms with Gasteiger partial charge in [0.2, 0.25) is 0 Å². The number of nitrogen functional groups attached to an aromatic ring is 1. The first-order valence-corrected chi connectivity index (χ1v) is 6.73. The van der Waals surface area contributed by atoms with Crippen LogP contribution in [0.4, 0.5) is 11.4 Å². The summed E-state index contributed by atoms with van der Waals surface area (Å²) in [7, 11) is 3.46. The van der Waals surface area contributed by atoms with E-state index in [1.54, 1.807) is 43.4 Å². The molecule has 0 aliphatic rings. The Morgan fingerprint density at radius 2 is 2.10 bits per heavy atom. The fourth-order valence-corrected chi connectivity index (χ4v) is 2.03. The van der Waals surface area contributed by atoms with E-state index in [0.717, 1.165) is 16.8 Å². The standard InChI is InChI=1S/C16H20N4O/c1-11-9-18-7-6-12(11)10-19-15-8-13(17)4-5-14(15)16(21)20(2)3/h4-9,19H,10,17H2,1-3H3. The van der Waals surface area contributed by atoms with Gasteiger partial charge in [0.25, 0.3) is 5.91 Å². The Labute approximate surface area is 124 Å². The number of amides is 1. The summed E-state index contributed by atoms with van der Waals surface area (Å²) in [6.45, 7) is 2.63. The summed E-state index contributed by atoms with van der Waals surface area (Å²) >= 11 is 0. The number of nitrogens with one attached hydrogen (secondary N) is 1. The van der Waals surface area contributed by atoms with Gasteiger partial charge in [-0.1, -0.05) is 0 Å². The third-order valence-electron chi connectivity index (χ3n) is 3.29. The first-order valence-electron chi connectivity index (χ1n) is 6.73. The number of benzene rings is 1. The molecular weight excluding hydrogens is 264 g/mol. The van der Waals surface area contributed by atoms with E-state index in [4.69, 9.17) is 5.73 Å². The van der Waals surface area contributed by atoms with E-state index in [0.29, 0.717) is 17.8 Å². The second-order valence-corrected chi connectivity index (χ2v) is 5.16. The van der Waals surface area contributed by atoms with Gasteiger partial charge >= 0.3 is 0 Å². The predicted molar refractivity (Wildman–Crippen MR) is 85.2 cm³/mol. The number of hydrogen-bond acceptors (Lipinski definition) is 4. The molecule has 0 fully saturated rings. The first kappa shape index (κ1) is 14.8. The molecule has 1 amide bonds. The van der Waals surface area contributed by atoms with Crippen molar-refractivity contribution in [3.05, 3.63) is 53.3 Å². The van der Waals surface area contributed by atoms with E-state index >= 15 is 0 Å². The van der Waals surface area contributed by atoms with Crippen LogP contribution in [0, 0.1) is 6.92 Å². The lowest BCUT2D eigenvalue weighted by Crippen LogP contribution is -2.23. The van der Waals surface area contributed by atoms with Crippen molar-refractivity contribution in [3.63, 3.8) is 0 Å². The van der Waals surface area contributed by atoms with Crippen molar-refractivity contribution < 1.29 is 4.79 Å². The van der Waals surface area contributed by atoms with Crippen LogP contribution < -0.4 is 11.1 Å². The third kappa shape index (κ3) is 3.51. The van der Waals surface area contributed by atoms with Crippen LogP contribution in [0.15, 0.2) is 36.7 Å². The molecule has 5 nitrogen and oxygen atoms in total. The number of carbonyl (C=O) groups excluding carboxylic acids is 1. The maximum atomic E-state index is 12.2. The van der Waals surface area contributed by atoms with Gasteiger partial charge < -0.3 is 16.0 Å². The first-order chi connectivity index (χ1) is 9.99. The van der Waals surface area contributed by atoms with Gasteiger partial charge in [-0.15, -0.1) is 0 Å². The molecule has 1 heterocycles. The molecule has 2 aromatic rings. The lowest BCUT2D eigenvalue weighted by atomic mass is 10.1. The van der Waals surface area contributed by atoms with Gasteiger partial charge in [0.05, 0.1) is 5.56 Å². The Kier molecular flexibility index (Phi) is 4.42. The summed E-state index contributed by atoms with van der Waals surface area (Å²) in [4.78, 5) is 17.8. The third-order valence-corrected chi connectivity index (χ3v) is 3.29. The average Bonchev–Trinajstić information content (AvgIpc) is 2.46. The lowest BCUT2D eigenvalue weighted by molar-refractivity contribution is 0.0828. The Bertz CT molecular complexity index is 652. The smallest absolute Gasteiger partial charge is 0.255 e. The highest BCUT2D eigenvalue weighted by Crippen LogP contribution is 2.21. The Balaban J connectivity index is 2.25. The fraction of sp³-hybridized carbons (Fsp3) is 0.250. The lowest BCUT2D eigenvalue weighted by Gasteiger charge is -2.16. The van der Waals surface area contributed by atoms with Crippen LogP contribution >= 0.6 is 0 Å². The summed E-state index contributed by atoms with van der Waals surface area (Å²) in [5, 5.41) is 3.29. The normalized spacial score (nSPS) is 10.2. The number of aromatic nitrogens is 1. The van der Waals surface area contributed by atoms with E-state index in [-0.39, 0.29) is 5.91 Å². The molecule has 110 valence electrons. The molecule has 0 aliphatic carbocycles. The molecule has 1 aromatic carbocycles. The van der Waals surface area contributed by atoms with Gasteiger partial charge in [-0.05, 0) is 42.3 Å². The predicted octanol–water partition coefficient (Wildman–Crippen LogP) is 2.29. The van der Waals surface area contributed by atoms with Crippen LogP contribution in [0.25, 0.3) is 0 Å². The molecule has 0 saturated carbocycles. The molecule has 0 saturated heterocycles. The van der Waals surface area contributed by atoms with Crippen molar-refractivity contribution in [1.29, 1.82) is 0 Å². The van der Waals surface area contributed by atoms with Crippen molar-refractivity contribution in [1.82, 2.24) is 9.88 Å². The van der Waals surface area contributed by atoms with Gasteiger partial charge in [0.15, 0.2) is 0 Å². The number of carbonyl (C=O) groups is 1. The Hall–Kier alpha value is -2.56. The Morgan fingerprint density at radius 1 is 1.33 bits per heavy atom. The number of rotatable bonds is 4. The second-order valence-electron chi connectivity index (χ2n) is 5.16. The molecule has 0 aliphatic heterocycles. The summed E-state index contributed by atoms with van der Waals surface area (Å²) in [6.07, 6.45) is 3.58. The SMILES string of the molecule is Cc1cnccc1CNc1cc(N)ccc1C(=O)N(C)C. The Morgan fingerprint density at radius 3 is 2.76 bits per heavy atom. The van der Waals surface area contributed by atoms with Gasteiger partial charge in [-0.25, -0.2) is 0 Å². The maximum absolute atomic E-state index is 12.2. The molecule has 0 bridgehead atoms. The molecule has 0 unspecified atom stereocenters. The van der Waals surface area contributed by atoms with Crippen LogP contribution in [-0.4, -0.2) is 29.9 Å². The molecular formula is C16H20N4O. The zero-order valence-electron chi connectivity index (χ0n) is 12.6. The largest absolute Gasteiger partial charge is 0.399 e. The molecule has 2 rings (SSSR count). The molecule has 1 aromatic heterocycles.